The first-order valence-corrected chi connectivity index (χ1v) is 19.7. The van der Waals surface area contributed by atoms with Gasteiger partial charge in [-0.25, -0.2) is 9.59 Å². The van der Waals surface area contributed by atoms with Gasteiger partial charge >= 0.3 is 12.2 Å². The van der Waals surface area contributed by atoms with E-state index in [4.69, 9.17) is 23.7 Å². The van der Waals surface area contributed by atoms with Gasteiger partial charge in [-0.3, -0.25) is 14.4 Å². The minimum absolute atomic E-state index is 0.105. The lowest BCUT2D eigenvalue weighted by atomic mass is 9.83. The van der Waals surface area contributed by atoms with Crippen molar-refractivity contribution in [3.05, 3.63) is 64.7 Å². The number of nitrogens with zero attached hydrogens (tertiary/aromatic N) is 1. The lowest BCUT2D eigenvalue weighted by molar-refractivity contribution is -0.148. The van der Waals surface area contributed by atoms with Crippen LogP contribution in [0.15, 0.2) is 42.5 Å². The molecule has 4 atom stereocenters. The normalized spacial score (nSPS) is 17.5. The van der Waals surface area contributed by atoms with Gasteiger partial charge in [0.25, 0.3) is 5.91 Å². The van der Waals surface area contributed by atoms with E-state index in [0.29, 0.717) is 38.7 Å². The summed E-state index contributed by atoms with van der Waals surface area (Å²) in [5, 5.41) is 11.0. The highest BCUT2D eigenvalue weighted by Crippen LogP contribution is 2.33. The molecule has 0 saturated carbocycles. The molecule has 0 spiro atoms. The maximum absolute atomic E-state index is 14.6. The fourth-order valence-electron chi connectivity index (χ4n) is 6.72. The van der Waals surface area contributed by atoms with Crippen LogP contribution in [0.5, 0.6) is 5.75 Å². The predicted molar refractivity (Wildman–Crippen MR) is 213 cm³/mol. The monoisotopic (exact) mass is 795 g/mol. The molecule has 2 unspecified atom stereocenters. The summed E-state index contributed by atoms with van der Waals surface area (Å²) in [6.45, 7) is 14.3. The molecule has 2 aromatic carbocycles. The van der Waals surface area contributed by atoms with Crippen molar-refractivity contribution in [2.24, 2.45) is 5.41 Å². The third-order valence-electron chi connectivity index (χ3n) is 9.62. The number of rotatable bonds is 16. The molecule has 0 saturated heterocycles. The predicted octanol–water partition coefficient (Wildman–Crippen LogP) is 4.35. The van der Waals surface area contributed by atoms with Crippen LogP contribution in [0.1, 0.15) is 89.6 Å². The van der Waals surface area contributed by atoms with Crippen molar-refractivity contribution in [1.82, 2.24) is 26.2 Å². The van der Waals surface area contributed by atoms with Crippen LogP contribution in [-0.4, -0.2) is 105 Å². The van der Waals surface area contributed by atoms with Crippen LogP contribution in [-0.2, 0) is 52.7 Å². The van der Waals surface area contributed by atoms with Crippen LogP contribution in [0.2, 0.25) is 0 Å². The van der Waals surface area contributed by atoms with E-state index in [-0.39, 0.29) is 31.5 Å². The average Bonchev–Trinajstić information content (AvgIpc) is 3.15. The molecule has 1 heterocycles. The van der Waals surface area contributed by atoms with Crippen molar-refractivity contribution in [2.75, 3.05) is 46.6 Å². The molecule has 1 aliphatic carbocycles. The lowest BCUT2D eigenvalue weighted by Crippen LogP contribution is -2.61. The Morgan fingerprint density at radius 2 is 1.56 bits per heavy atom. The Labute approximate surface area is 336 Å². The summed E-state index contributed by atoms with van der Waals surface area (Å²) in [6.07, 6.45) is 0.494. The number of carbonyl (C=O) groups excluding carboxylic acids is 5. The third kappa shape index (κ3) is 13.6. The van der Waals surface area contributed by atoms with Crippen molar-refractivity contribution in [3.63, 3.8) is 0 Å². The van der Waals surface area contributed by atoms with E-state index in [1.807, 2.05) is 57.2 Å². The number of hydrogen-bond donors (Lipinski definition) is 4. The van der Waals surface area contributed by atoms with Gasteiger partial charge in [-0.05, 0) is 86.8 Å². The number of fused-ring (bicyclic) bond motifs is 2. The largest absolute Gasteiger partial charge is 0.491 e. The zero-order chi connectivity index (χ0) is 41.8. The molecule has 0 aromatic heterocycles. The quantitative estimate of drug-likeness (QED) is 0.178. The fraction of sp³-hybridized carbons (Fsp3) is 0.595. The van der Waals surface area contributed by atoms with Gasteiger partial charge in [-0.1, -0.05) is 51.1 Å². The molecule has 0 bridgehead atoms. The maximum Gasteiger partial charge on any atom is 0.407 e. The Balaban J connectivity index is 1.42. The smallest absolute Gasteiger partial charge is 0.407 e. The minimum atomic E-state index is -1.17. The van der Waals surface area contributed by atoms with Gasteiger partial charge < -0.3 is 49.9 Å². The SMILES string of the molecule is CNC(=O)OC(C)C(=O)NC(C(=O)N1Cc2cc(OCCOCCOCCNC(=O)OC(C)(C)C)ccc2C[C@H]1C(=O)N[C@@H]1CCCc2ccccc21)C(C)(C)C. The van der Waals surface area contributed by atoms with Gasteiger partial charge in [-0.2, -0.15) is 0 Å². The highest BCUT2D eigenvalue weighted by molar-refractivity contribution is 5.94. The average molecular weight is 796 g/mol. The number of amides is 5. The van der Waals surface area contributed by atoms with Crippen LogP contribution in [0.3, 0.4) is 0 Å². The summed E-state index contributed by atoms with van der Waals surface area (Å²) in [5.74, 6) is -0.757. The Morgan fingerprint density at radius 1 is 0.860 bits per heavy atom. The second-order valence-corrected chi connectivity index (χ2v) is 16.4. The Morgan fingerprint density at radius 3 is 2.26 bits per heavy atom. The highest BCUT2D eigenvalue weighted by Gasteiger charge is 2.43. The molecular formula is C42H61N5O10. The van der Waals surface area contributed by atoms with E-state index >= 15 is 0 Å². The van der Waals surface area contributed by atoms with Gasteiger partial charge in [-0.15, -0.1) is 0 Å². The fourth-order valence-corrected chi connectivity index (χ4v) is 6.72. The van der Waals surface area contributed by atoms with Gasteiger partial charge in [0.15, 0.2) is 6.10 Å². The molecule has 15 heteroatoms. The molecule has 4 N–H and O–H groups in total. The van der Waals surface area contributed by atoms with Crippen LogP contribution in [0, 0.1) is 5.41 Å². The molecular weight excluding hydrogens is 734 g/mol. The van der Waals surface area contributed by atoms with E-state index in [1.165, 1.54) is 19.5 Å². The second-order valence-electron chi connectivity index (χ2n) is 16.4. The summed E-state index contributed by atoms with van der Waals surface area (Å²) in [4.78, 5) is 67.3. The van der Waals surface area contributed by atoms with Crippen LogP contribution in [0.4, 0.5) is 9.59 Å². The van der Waals surface area contributed by atoms with E-state index in [9.17, 15) is 24.0 Å². The summed E-state index contributed by atoms with van der Waals surface area (Å²) in [5.41, 5.74) is 2.69. The van der Waals surface area contributed by atoms with Crippen molar-refractivity contribution in [1.29, 1.82) is 0 Å². The summed E-state index contributed by atoms with van der Waals surface area (Å²) in [6, 6.07) is 11.6. The number of benzene rings is 2. The number of ether oxygens (including phenoxy) is 5. The number of aryl methyl sites for hydroxylation is 1. The van der Waals surface area contributed by atoms with E-state index in [1.54, 1.807) is 25.7 Å². The number of alkyl carbamates (subject to hydrolysis) is 2. The molecule has 4 rings (SSSR count). The molecule has 0 fully saturated rings. The molecule has 57 heavy (non-hydrogen) atoms. The minimum Gasteiger partial charge on any atom is -0.491 e. The first kappa shape index (κ1) is 44.8. The van der Waals surface area contributed by atoms with Gasteiger partial charge in [0, 0.05) is 26.6 Å². The molecule has 15 nitrogen and oxygen atoms in total. The van der Waals surface area contributed by atoms with Gasteiger partial charge in [0.2, 0.25) is 11.8 Å². The third-order valence-corrected chi connectivity index (χ3v) is 9.62. The van der Waals surface area contributed by atoms with Crippen LogP contribution < -0.4 is 26.0 Å². The summed E-state index contributed by atoms with van der Waals surface area (Å²) in [7, 11) is 1.39. The summed E-state index contributed by atoms with van der Waals surface area (Å²) < 4.78 is 27.5. The van der Waals surface area contributed by atoms with Crippen LogP contribution >= 0.6 is 0 Å². The lowest BCUT2D eigenvalue weighted by Gasteiger charge is -2.41. The van der Waals surface area contributed by atoms with Crippen molar-refractivity contribution in [2.45, 2.75) is 111 Å². The molecule has 2 aliphatic rings. The van der Waals surface area contributed by atoms with Gasteiger partial charge in [0.1, 0.15) is 30.0 Å². The standard InChI is InChI=1S/C42H61N5O10/c1-27(56-39(51)43-8)36(48)46-35(41(2,3)4)38(50)47-26-30-24-31(55-23-22-54-21-20-53-19-18-44-40(52)57-42(5,6)7)17-16-29(30)25-34(47)37(49)45-33-15-11-13-28-12-9-10-14-32(28)33/h9-10,12,14,16-17,24,27,33-35H,11,13,15,18-23,25-26H2,1-8H3,(H,43,51)(H,44,52)(H,45,49)(H,46,48)/t27?,33-,34+,35?/m1/s1. The molecule has 5 amide bonds. The second kappa shape index (κ2) is 20.5. The Hall–Kier alpha value is -4.89. The first-order chi connectivity index (χ1) is 27.0. The maximum atomic E-state index is 14.6. The van der Waals surface area contributed by atoms with E-state index in [2.05, 4.69) is 27.3 Å². The molecule has 1 aliphatic heterocycles. The zero-order valence-corrected chi connectivity index (χ0v) is 34.7. The van der Waals surface area contributed by atoms with Crippen molar-refractivity contribution >= 4 is 29.9 Å². The van der Waals surface area contributed by atoms with Gasteiger partial charge in [0.05, 0.1) is 32.5 Å². The van der Waals surface area contributed by atoms with Crippen molar-refractivity contribution in [3.8, 4) is 5.75 Å². The molecule has 2 aromatic rings. The molecule has 0 radical (unpaired) electrons. The Bertz CT molecular complexity index is 1700. The Kier molecular flexibility index (Phi) is 16.1. The number of hydrogen-bond acceptors (Lipinski definition) is 10. The topological polar surface area (TPSA) is 183 Å². The van der Waals surface area contributed by atoms with Crippen LogP contribution in [0.25, 0.3) is 0 Å². The number of carbonyl (C=O) groups is 5. The molecule has 314 valence electrons. The zero-order valence-electron chi connectivity index (χ0n) is 34.7. The highest BCUT2D eigenvalue weighted by atomic mass is 16.6. The van der Waals surface area contributed by atoms with E-state index < -0.39 is 53.2 Å². The number of nitrogens with one attached hydrogen (secondary N) is 4. The van der Waals surface area contributed by atoms with E-state index in [0.717, 1.165) is 36.0 Å². The first-order valence-electron chi connectivity index (χ1n) is 19.7. The van der Waals surface area contributed by atoms with Crippen molar-refractivity contribution < 1.29 is 47.7 Å². The summed E-state index contributed by atoms with van der Waals surface area (Å²) >= 11 is 0.